The second-order valence-corrected chi connectivity index (χ2v) is 7.71. The summed E-state index contributed by atoms with van der Waals surface area (Å²) in [6.07, 6.45) is -1.60. The summed E-state index contributed by atoms with van der Waals surface area (Å²) in [7, 11) is 0. The van der Waals surface area contributed by atoms with E-state index in [0.717, 1.165) is 18.7 Å². The van der Waals surface area contributed by atoms with Crippen molar-refractivity contribution in [3.63, 3.8) is 0 Å². The van der Waals surface area contributed by atoms with Crippen LogP contribution in [0.3, 0.4) is 0 Å². The zero-order chi connectivity index (χ0) is 29.8. The van der Waals surface area contributed by atoms with Gasteiger partial charge in [-0.1, -0.05) is 12.1 Å². The number of rotatable bonds is 6. The number of hydrogen-bond donors (Lipinski definition) is 6. The van der Waals surface area contributed by atoms with Crippen molar-refractivity contribution in [3.05, 3.63) is 77.6 Å². The number of anilines is 1. The van der Waals surface area contributed by atoms with Crippen LogP contribution in [0.2, 0.25) is 0 Å². The zero-order valence-corrected chi connectivity index (χ0v) is 20.0. The van der Waals surface area contributed by atoms with Crippen molar-refractivity contribution in [1.82, 2.24) is 5.32 Å². The van der Waals surface area contributed by atoms with Gasteiger partial charge in [0, 0.05) is 42.5 Å². The van der Waals surface area contributed by atoms with Gasteiger partial charge >= 0.3 is 30.1 Å². The van der Waals surface area contributed by atoms with E-state index in [0.29, 0.717) is 48.5 Å². The normalized spacial score (nSPS) is 14.7. The Morgan fingerprint density at radius 2 is 1.38 bits per heavy atom. The molecule has 0 bridgehead atoms. The van der Waals surface area contributed by atoms with Gasteiger partial charge in [-0.25, -0.2) is 23.6 Å². The smallest absolute Gasteiger partial charge is 0.417 e. The van der Waals surface area contributed by atoms with Crippen LogP contribution < -0.4 is 11.1 Å². The molecule has 39 heavy (non-hydrogen) atoms. The van der Waals surface area contributed by atoms with Gasteiger partial charge in [0.2, 0.25) is 0 Å². The van der Waals surface area contributed by atoms with Gasteiger partial charge in [0.05, 0.1) is 5.56 Å². The Hall–Kier alpha value is -4.72. The fourth-order valence-electron chi connectivity index (χ4n) is 3.45. The number of alkyl halides is 3. The molecule has 2 aromatic rings. The molecule has 2 aromatic carbocycles. The average Bonchev–Trinajstić information content (AvgIpc) is 3.36. The molecular weight excluding hydrogens is 532 g/mol. The molecule has 3 rings (SSSR count). The number of aliphatic carboxylic acids is 4. The summed E-state index contributed by atoms with van der Waals surface area (Å²) in [5.74, 6) is -5.72. The molecule has 0 saturated carbocycles. The molecule has 0 aliphatic carbocycles. The first-order chi connectivity index (χ1) is 18.1. The SMILES string of the molecule is Nc1ccc(C(F)(F)F)c(-c2cccc(F)c2)c1[C@@H]1CCNC1.O=C(O)/C=C/C(=O)O.O=C(O)/C=C/C(=O)O. The van der Waals surface area contributed by atoms with Crippen LogP contribution in [-0.2, 0) is 25.4 Å². The minimum absolute atomic E-state index is 0.00861. The molecule has 0 radical (unpaired) electrons. The minimum atomic E-state index is -4.53. The topological polar surface area (TPSA) is 187 Å². The molecule has 1 saturated heterocycles. The van der Waals surface area contributed by atoms with Gasteiger partial charge in [-0.15, -0.1) is 0 Å². The Morgan fingerprint density at radius 1 is 0.872 bits per heavy atom. The number of nitrogen functional groups attached to an aromatic ring is 1. The van der Waals surface area contributed by atoms with Gasteiger partial charge in [-0.05, 0) is 53.9 Å². The summed E-state index contributed by atoms with van der Waals surface area (Å²) in [5.41, 5.74) is 6.18. The third kappa shape index (κ3) is 11.5. The van der Waals surface area contributed by atoms with E-state index in [-0.39, 0.29) is 17.0 Å². The zero-order valence-electron chi connectivity index (χ0n) is 20.0. The lowest BCUT2D eigenvalue weighted by molar-refractivity contribution is -0.137. The Labute approximate surface area is 218 Å². The number of nitrogens with two attached hydrogens (primary N) is 1. The van der Waals surface area contributed by atoms with Gasteiger partial charge in [0.1, 0.15) is 5.82 Å². The maximum absolute atomic E-state index is 13.6. The van der Waals surface area contributed by atoms with Gasteiger partial charge < -0.3 is 31.5 Å². The summed E-state index contributed by atoms with van der Waals surface area (Å²) in [5, 5.41) is 34.4. The van der Waals surface area contributed by atoms with Gasteiger partial charge in [0.25, 0.3) is 0 Å². The molecule has 1 aliphatic heterocycles. The molecule has 10 nitrogen and oxygen atoms in total. The van der Waals surface area contributed by atoms with Crippen molar-refractivity contribution in [2.75, 3.05) is 18.8 Å². The molecule has 1 aliphatic rings. The predicted octanol–water partition coefficient (Wildman–Crippen LogP) is 3.59. The van der Waals surface area contributed by atoms with Crippen LogP contribution in [-0.4, -0.2) is 57.4 Å². The van der Waals surface area contributed by atoms with E-state index in [1.807, 2.05) is 0 Å². The van der Waals surface area contributed by atoms with E-state index in [1.54, 1.807) is 0 Å². The Kier molecular flexibility index (Phi) is 12.3. The van der Waals surface area contributed by atoms with E-state index in [9.17, 15) is 36.7 Å². The largest absolute Gasteiger partial charge is 0.478 e. The number of nitrogens with one attached hydrogen (secondary N) is 1. The second kappa shape index (κ2) is 14.9. The van der Waals surface area contributed by atoms with Crippen LogP contribution in [0.25, 0.3) is 11.1 Å². The van der Waals surface area contributed by atoms with Gasteiger partial charge in [-0.2, -0.15) is 13.2 Å². The standard InChI is InChI=1S/C17H16F4N2.2C4H4O4/c18-12-3-1-2-10(8-12)15-13(17(19,20)21)4-5-14(22)16(15)11-6-7-23-9-11;2*5-3(6)1-2-4(7)8/h1-5,8,11,23H,6-7,9,22H2;2*1-2H,(H,5,6)(H,7,8)/b;2*2-1+/t11-;;/m1../s1. The summed E-state index contributed by atoms with van der Waals surface area (Å²) in [6, 6.07) is 7.49. The lowest BCUT2D eigenvalue weighted by Crippen LogP contribution is -2.14. The number of carboxylic acid groups (broad SMARTS) is 4. The number of carbonyl (C=O) groups is 4. The quantitative estimate of drug-likeness (QED) is 0.174. The van der Waals surface area contributed by atoms with Crippen molar-refractivity contribution >= 4 is 29.6 Å². The third-order valence-corrected chi connectivity index (χ3v) is 4.90. The summed E-state index contributed by atoms with van der Waals surface area (Å²) in [6.45, 7) is 1.29. The third-order valence-electron chi connectivity index (χ3n) is 4.90. The van der Waals surface area contributed by atoms with Crippen molar-refractivity contribution in [3.8, 4) is 11.1 Å². The van der Waals surface area contributed by atoms with Crippen molar-refractivity contribution in [1.29, 1.82) is 0 Å². The Balaban J connectivity index is 0.000000393. The molecule has 0 spiro atoms. The highest BCUT2D eigenvalue weighted by Crippen LogP contribution is 2.44. The van der Waals surface area contributed by atoms with E-state index in [2.05, 4.69) is 5.32 Å². The maximum Gasteiger partial charge on any atom is 0.417 e. The molecular formula is C25H24F4N2O8. The Morgan fingerprint density at radius 3 is 1.77 bits per heavy atom. The number of halogens is 4. The number of hydrogen-bond acceptors (Lipinski definition) is 6. The van der Waals surface area contributed by atoms with Gasteiger partial charge in [0.15, 0.2) is 0 Å². The van der Waals surface area contributed by atoms with Crippen LogP contribution in [0.5, 0.6) is 0 Å². The number of carboxylic acids is 4. The molecule has 14 heteroatoms. The fraction of sp³-hybridized carbons (Fsp3) is 0.200. The molecule has 1 fully saturated rings. The van der Waals surface area contributed by atoms with Crippen molar-refractivity contribution in [2.45, 2.75) is 18.5 Å². The molecule has 1 atom stereocenters. The number of benzene rings is 2. The molecule has 1 heterocycles. The van der Waals surface area contributed by atoms with E-state index >= 15 is 0 Å². The first kappa shape index (κ1) is 32.3. The van der Waals surface area contributed by atoms with E-state index in [1.165, 1.54) is 24.3 Å². The summed E-state index contributed by atoms with van der Waals surface area (Å²) >= 11 is 0. The van der Waals surface area contributed by atoms with Crippen LogP contribution >= 0.6 is 0 Å². The lowest BCUT2D eigenvalue weighted by atomic mass is 9.85. The Bertz CT molecular complexity index is 1190. The fourth-order valence-corrected chi connectivity index (χ4v) is 3.45. The van der Waals surface area contributed by atoms with Crippen molar-refractivity contribution < 1.29 is 57.2 Å². The summed E-state index contributed by atoms with van der Waals surface area (Å²) < 4.78 is 54.0. The van der Waals surface area contributed by atoms with Crippen LogP contribution in [0, 0.1) is 5.82 Å². The first-order valence-electron chi connectivity index (χ1n) is 10.9. The molecule has 0 amide bonds. The average molecular weight is 556 g/mol. The minimum Gasteiger partial charge on any atom is -0.478 e. The highest BCUT2D eigenvalue weighted by atomic mass is 19.4. The van der Waals surface area contributed by atoms with Gasteiger partial charge in [-0.3, -0.25) is 0 Å². The van der Waals surface area contributed by atoms with E-state index in [4.69, 9.17) is 26.2 Å². The summed E-state index contributed by atoms with van der Waals surface area (Å²) in [4.78, 5) is 38.2. The monoisotopic (exact) mass is 556 g/mol. The molecule has 210 valence electrons. The van der Waals surface area contributed by atoms with Crippen LogP contribution in [0.4, 0.5) is 23.2 Å². The predicted molar refractivity (Wildman–Crippen MR) is 130 cm³/mol. The molecule has 7 N–H and O–H groups in total. The molecule has 0 unspecified atom stereocenters. The van der Waals surface area contributed by atoms with Crippen molar-refractivity contribution in [2.24, 2.45) is 0 Å². The van der Waals surface area contributed by atoms with Crippen LogP contribution in [0.15, 0.2) is 60.7 Å². The molecule has 0 aromatic heterocycles. The van der Waals surface area contributed by atoms with Crippen LogP contribution in [0.1, 0.15) is 23.5 Å². The highest BCUT2D eigenvalue weighted by molar-refractivity contribution is 5.90. The first-order valence-corrected chi connectivity index (χ1v) is 10.9. The highest BCUT2D eigenvalue weighted by Gasteiger charge is 2.37. The van der Waals surface area contributed by atoms with E-state index < -0.39 is 41.4 Å². The maximum atomic E-state index is 13.6. The second-order valence-electron chi connectivity index (χ2n) is 7.71. The lowest BCUT2D eigenvalue weighted by Gasteiger charge is -2.22.